The van der Waals surface area contributed by atoms with E-state index in [1.807, 2.05) is 31.2 Å². The Balaban J connectivity index is 2.28. The summed E-state index contributed by atoms with van der Waals surface area (Å²) in [6.45, 7) is 4.35. The van der Waals surface area contributed by atoms with Crippen LogP contribution < -0.4 is 0 Å². The molecule has 94 valence electrons. The van der Waals surface area contributed by atoms with Crippen molar-refractivity contribution in [2.75, 3.05) is 19.8 Å². The van der Waals surface area contributed by atoms with Crippen LogP contribution in [-0.2, 0) is 27.3 Å². The third-order valence-electron chi connectivity index (χ3n) is 2.22. The van der Waals surface area contributed by atoms with Gasteiger partial charge in [0, 0.05) is 6.61 Å². The van der Waals surface area contributed by atoms with Crippen molar-refractivity contribution in [3.8, 4) is 0 Å². The van der Waals surface area contributed by atoms with Crippen LogP contribution in [0, 0.1) is 0 Å². The van der Waals surface area contributed by atoms with Crippen molar-refractivity contribution in [1.82, 2.24) is 0 Å². The maximum absolute atomic E-state index is 10.5. The molecular weight excluding hydrogens is 220 g/mol. The third-order valence-corrected chi connectivity index (χ3v) is 2.22. The van der Waals surface area contributed by atoms with E-state index < -0.39 is 5.97 Å². The molecule has 0 aliphatic carbocycles. The number of rotatable bonds is 8. The number of carboxylic acids is 1. The van der Waals surface area contributed by atoms with Crippen molar-refractivity contribution in [3.05, 3.63) is 35.4 Å². The van der Waals surface area contributed by atoms with Crippen LogP contribution >= 0.6 is 0 Å². The molecule has 1 N–H and O–H groups in total. The van der Waals surface area contributed by atoms with Crippen LogP contribution in [0.4, 0.5) is 0 Å². The van der Waals surface area contributed by atoms with Crippen LogP contribution in [0.2, 0.25) is 0 Å². The van der Waals surface area contributed by atoms with Crippen molar-refractivity contribution in [3.63, 3.8) is 0 Å². The summed E-state index contributed by atoms with van der Waals surface area (Å²) in [6, 6.07) is 7.41. The van der Waals surface area contributed by atoms with E-state index in [-0.39, 0.29) is 6.42 Å². The Kier molecular flexibility index (Phi) is 6.29. The predicted molar refractivity (Wildman–Crippen MR) is 63.9 cm³/mol. The zero-order valence-electron chi connectivity index (χ0n) is 10.0. The highest BCUT2D eigenvalue weighted by Gasteiger charge is 2.00. The number of carboxylic acid groups (broad SMARTS) is 1. The molecule has 0 spiro atoms. The van der Waals surface area contributed by atoms with Gasteiger partial charge in [-0.3, -0.25) is 4.79 Å². The van der Waals surface area contributed by atoms with E-state index in [4.69, 9.17) is 14.6 Å². The molecule has 0 aromatic heterocycles. The highest BCUT2D eigenvalue weighted by molar-refractivity contribution is 5.70. The van der Waals surface area contributed by atoms with Gasteiger partial charge in [-0.25, -0.2) is 0 Å². The van der Waals surface area contributed by atoms with Gasteiger partial charge in [0.25, 0.3) is 0 Å². The molecule has 0 fully saturated rings. The summed E-state index contributed by atoms with van der Waals surface area (Å²) in [4.78, 5) is 10.5. The number of hydrogen-bond acceptors (Lipinski definition) is 3. The van der Waals surface area contributed by atoms with Gasteiger partial charge in [-0.1, -0.05) is 24.3 Å². The van der Waals surface area contributed by atoms with E-state index in [9.17, 15) is 4.79 Å². The zero-order chi connectivity index (χ0) is 12.5. The lowest BCUT2D eigenvalue weighted by Gasteiger charge is -2.05. The number of benzene rings is 1. The monoisotopic (exact) mass is 238 g/mol. The smallest absolute Gasteiger partial charge is 0.307 e. The van der Waals surface area contributed by atoms with Crippen molar-refractivity contribution in [2.45, 2.75) is 20.0 Å². The van der Waals surface area contributed by atoms with Crippen LogP contribution in [0.15, 0.2) is 24.3 Å². The normalized spacial score (nSPS) is 10.4. The molecule has 0 aliphatic heterocycles. The Morgan fingerprint density at radius 2 is 1.71 bits per heavy atom. The van der Waals surface area contributed by atoms with Crippen molar-refractivity contribution in [1.29, 1.82) is 0 Å². The molecule has 0 unspecified atom stereocenters. The second kappa shape index (κ2) is 7.81. The molecular formula is C13H18O4. The third kappa shape index (κ3) is 6.04. The molecule has 0 bridgehead atoms. The van der Waals surface area contributed by atoms with E-state index in [0.29, 0.717) is 26.4 Å². The maximum Gasteiger partial charge on any atom is 0.307 e. The van der Waals surface area contributed by atoms with E-state index >= 15 is 0 Å². The number of carbonyl (C=O) groups is 1. The van der Waals surface area contributed by atoms with Gasteiger partial charge in [0.2, 0.25) is 0 Å². The SMILES string of the molecule is CCOCCOCc1ccc(CC(=O)O)cc1. The average Bonchev–Trinajstić information content (AvgIpc) is 2.30. The van der Waals surface area contributed by atoms with Crippen molar-refractivity contribution < 1.29 is 19.4 Å². The van der Waals surface area contributed by atoms with Gasteiger partial charge in [-0.2, -0.15) is 0 Å². The molecule has 0 amide bonds. The van der Waals surface area contributed by atoms with E-state index in [2.05, 4.69) is 0 Å². The molecule has 0 saturated carbocycles. The van der Waals surface area contributed by atoms with Crippen LogP contribution in [0.1, 0.15) is 18.1 Å². The zero-order valence-corrected chi connectivity index (χ0v) is 10.0. The van der Waals surface area contributed by atoms with Crippen molar-refractivity contribution in [2.24, 2.45) is 0 Å². The standard InChI is InChI=1S/C13H18O4/c1-2-16-7-8-17-10-12-5-3-11(4-6-12)9-13(14)15/h3-6H,2,7-10H2,1H3,(H,14,15). The minimum absolute atomic E-state index is 0.0610. The molecule has 1 aromatic rings. The van der Waals surface area contributed by atoms with Crippen LogP contribution in [0.25, 0.3) is 0 Å². The molecule has 4 heteroatoms. The molecule has 1 rings (SSSR count). The first-order valence-electron chi connectivity index (χ1n) is 5.67. The summed E-state index contributed by atoms with van der Waals surface area (Å²) < 4.78 is 10.5. The molecule has 4 nitrogen and oxygen atoms in total. The molecule has 0 atom stereocenters. The molecule has 17 heavy (non-hydrogen) atoms. The molecule has 0 radical (unpaired) electrons. The van der Waals surface area contributed by atoms with Gasteiger partial charge in [0.05, 0.1) is 26.2 Å². The van der Waals surface area contributed by atoms with Gasteiger partial charge in [-0.15, -0.1) is 0 Å². The quantitative estimate of drug-likeness (QED) is 0.702. The lowest BCUT2D eigenvalue weighted by molar-refractivity contribution is -0.136. The molecule has 0 saturated heterocycles. The summed E-state index contributed by atoms with van der Waals surface area (Å²) in [5.74, 6) is -0.814. The lowest BCUT2D eigenvalue weighted by atomic mass is 10.1. The Morgan fingerprint density at radius 3 is 2.29 bits per heavy atom. The first kappa shape index (κ1) is 13.7. The number of hydrogen-bond donors (Lipinski definition) is 1. The molecule has 1 aromatic carbocycles. The Hall–Kier alpha value is -1.39. The fourth-order valence-electron chi connectivity index (χ4n) is 1.38. The highest BCUT2D eigenvalue weighted by atomic mass is 16.5. The van der Waals surface area contributed by atoms with Crippen LogP contribution in [0.3, 0.4) is 0 Å². The summed E-state index contributed by atoms with van der Waals surface area (Å²) in [7, 11) is 0. The number of ether oxygens (including phenoxy) is 2. The second-order valence-electron chi connectivity index (χ2n) is 3.64. The Morgan fingerprint density at radius 1 is 1.12 bits per heavy atom. The van der Waals surface area contributed by atoms with Crippen molar-refractivity contribution >= 4 is 5.97 Å². The topological polar surface area (TPSA) is 55.8 Å². The van der Waals surface area contributed by atoms with E-state index in [0.717, 1.165) is 11.1 Å². The molecule has 0 aliphatic rings. The van der Waals surface area contributed by atoms with E-state index in [1.165, 1.54) is 0 Å². The highest BCUT2D eigenvalue weighted by Crippen LogP contribution is 2.06. The van der Waals surface area contributed by atoms with Gasteiger partial charge in [0.15, 0.2) is 0 Å². The van der Waals surface area contributed by atoms with E-state index in [1.54, 1.807) is 0 Å². The summed E-state index contributed by atoms with van der Waals surface area (Å²) in [5.41, 5.74) is 1.84. The maximum atomic E-state index is 10.5. The fourth-order valence-corrected chi connectivity index (χ4v) is 1.38. The first-order chi connectivity index (χ1) is 8.22. The van der Waals surface area contributed by atoms with Crippen LogP contribution in [0.5, 0.6) is 0 Å². The van der Waals surface area contributed by atoms with Gasteiger partial charge >= 0.3 is 5.97 Å². The fraction of sp³-hybridized carbons (Fsp3) is 0.462. The lowest BCUT2D eigenvalue weighted by Crippen LogP contribution is -2.04. The van der Waals surface area contributed by atoms with Crippen LogP contribution in [-0.4, -0.2) is 30.9 Å². The van der Waals surface area contributed by atoms with Gasteiger partial charge in [-0.05, 0) is 18.1 Å². The minimum Gasteiger partial charge on any atom is -0.481 e. The number of aliphatic carboxylic acids is 1. The second-order valence-corrected chi connectivity index (χ2v) is 3.64. The predicted octanol–water partition coefficient (Wildman–Crippen LogP) is 1.87. The Bertz CT molecular complexity index is 332. The largest absolute Gasteiger partial charge is 0.481 e. The van der Waals surface area contributed by atoms with Gasteiger partial charge < -0.3 is 14.6 Å². The summed E-state index contributed by atoms with van der Waals surface area (Å²) >= 11 is 0. The first-order valence-corrected chi connectivity index (χ1v) is 5.67. The molecule has 0 heterocycles. The van der Waals surface area contributed by atoms with Gasteiger partial charge in [0.1, 0.15) is 0 Å². The summed E-state index contributed by atoms with van der Waals surface area (Å²) in [5, 5.41) is 8.62. The average molecular weight is 238 g/mol. The minimum atomic E-state index is -0.814. The Labute approximate surface area is 101 Å². The summed E-state index contributed by atoms with van der Waals surface area (Å²) in [6.07, 6.45) is 0.0610.